The van der Waals surface area contributed by atoms with Crippen LogP contribution in [0.5, 0.6) is 0 Å². The molecule has 0 rings (SSSR count). The van der Waals surface area contributed by atoms with Gasteiger partial charge in [-0.1, -0.05) is 32.6 Å². The van der Waals surface area contributed by atoms with E-state index >= 15 is 0 Å². The molecule has 0 spiro atoms. The predicted molar refractivity (Wildman–Crippen MR) is 90.3 cm³/mol. The molecule has 0 fully saturated rings. The van der Waals surface area contributed by atoms with Gasteiger partial charge in [0.1, 0.15) is 5.41 Å². The summed E-state index contributed by atoms with van der Waals surface area (Å²) in [7, 11) is -0.984. The lowest BCUT2D eigenvalue weighted by Gasteiger charge is -2.12. The Hall–Kier alpha value is -0.0162. The summed E-state index contributed by atoms with van der Waals surface area (Å²) in [6.07, 6.45) is 7.15. The van der Waals surface area contributed by atoms with Crippen LogP contribution in [-0.4, -0.2) is 45.0 Å². The van der Waals surface area contributed by atoms with Gasteiger partial charge in [-0.05, 0) is 27.2 Å². The van der Waals surface area contributed by atoms with Gasteiger partial charge in [0.15, 0.2) is 0 Å². The summed E-state index contributed by atoms with van der Waals surface area (Å²) in [6, 6.07) is 0. The Morgan fingerprint density at radius 2 is 1.30 bits per heavy atom. The van der Waals surface area contributed by atoms with Gasteiger partial charge in [-0.15, -0.1) is 0 Å². The fraction of sp³-hybridized carbons (Fsp3) is 0.929. The normalized spacial score (nSPS) is 10.4. The third kappa shape index (κ3) is 20.3. The second kappa shape index (κ2) is 19.0. The van der Waals surface area contributed by atoms with Gasteiger partial charge in [-0.25, -0.2) is 0 Å². The molecule has 4 nitrogen and oxygen atoms in total. The zero-order valence-corrected chi connectivity index (χ0v) is 17.2. The minimum Gasteiger partial charge on any atom is -0.376 e. The molecule has 0 aromatic carbocycles. The zero-order valence-electron chi connectivity index (χ0n) is 14.1. The molecule has 0 N–H and O–H groups in total. The molecule has 20 heavy (non-hydrogen) atoms. The van der Waals surface area contributed by atoms with Crippen molar-refractivity contribution < 1.29 is 18.1 Å². The molecule has 0 aliphatic carbocycles. The summed E-state index contributed by atoms with van der Waals surface area (Å²) < 4.78 is 15.7. The molecule has 0 aromatic heterocycles. The number of rotatable bonds is 12. The fourth-order valence-electron chi connectivity index (χ4n) is 1.53. The average molecular weight is 323 g/mol. The summed E-state index contributed by atoms with van der Waals surface area (Å²) in [5, 5.41) is 0.469. The molecule has 6 heteroatoms. The number of carbonyl (C=O) groups excluding carboxylic acids is 1. The molecule has 122 valence electrons. The first-order valence-electron chi connectivity index (χ1n) is 7.96. The van der Waals surface area contributed by atoms with Crippen LogP contribution in [0.25, 0.3) is 0 Å². The van der Waals surface area contributed by atoms with Crippen molar-refractivity contribution in [3.63, 3.8) is 0 Å². The average Bonchev–Trinajstić information content (AvgIpc) is 2.40. The Morgan fingerprint density at radius 3 is 1.65 bits per heavy atom. The van der Waals surface area contributed by atoms with E-state index in [-0.39, 0.29) is 0 Å². The van der Waals surface area contributed by atoms with E-state index in [1.54, 1.807) is 0 Å². The Balaban J connectivity index is 0. The topological polar surface area (TPSA) is 44.8 Å². The number of hydrogen-bond acceptors (Lipinski definition) is 4. The highest BCUT2D eigenvalue weighted by molar-refractivity contribution is 6.57. The quantitative estimate of drug-likeness (QED) is 0.407. The summed E-state index contributed by atoms with van der Waals surface area (Å²) in [6.45, 7) is 10.1. The van der Waals surface area contributed by atoms with Crippen LogP contribution in [0, 0.1) is 0 Å². The molecule has 0 saturated heterocycles. The Bertz CT molecular complexity index is 189. The maximum absolute atomic E-state index is 10.5. The molecule has 0 bridgehead atoms. The fourth-order valence-corrected chi connectivity index (χ4v) is 2.99. The highest BCUT2D eigenvalue weighted by atomic mass is 28.3. The molecular formula is C14H34O4Si2. The molecule has 0 atom stereocenters. The third-order valence-corrected chi connectivity index (χ3v) is 4.86. The van der Waals surface area contributed by atoms with Crippen molar-refractivity contribution in [2.45, 2.75) is 66.2 Å². The van der Waals surface area contributed by atoms with E-state index in [1.807, 2.05) is 20.8 Å². The van der Waals surface area contributed by atoms with Gasteiger partial charge in [0.2, 0.25) is 0 Å². The van der Waals surface area contributed by atoms with Gasteiger partial charge in [0, 0.05) is 26.2 Å². The molecule has 0 aromatic rings. The summed E-state index contributed by atoms with van der Waals surface area (Å²) in [5.41, 5.74) is 0. The van der Waals surface area contributed by atoms with Gasteiger partial charge in [0.25, 0.3) is 0 Å². The van der Waals surface area contributed by atoms with E-state index < -0.39 is 9.53 Å². The van der Waals surface area contributed by atoms with Crippen molar-refractivity contribution >= 4 is 25.2 Å². The van der Waals surface area contributed by atoms with Gasteiger partial charge < -0.3 is 18.1 Å². The summed E-state index contributed by atoms with van der Waals surface area (Å²) in [5.74, 6) is 0. The first-order valence-corrected chi connectivity index (χ1v) is 10.4. The monoisotopic (exact) mass is 322 g/mol. The SMILES string of the molecule is CCCCCCCC(=O)[SiH3].CCO[SiH](OCC)OCC. The van der Waals surface area contributed by atoms with E-state index in [0.717, 1.165) is 23.1 Å². The van der Waals surface area contributed by atoms with Crippen molar-refractivity contribution in [2.24, 2.45) is 0 Å². The van der Waals surface area contributed by atoms with Crippen molar-refractivity contribution in [3.8, 4) is 0 Å². The molecule has 0 saturated carbocycles. The van der Waals surface area contributed by atoms with Crippen molar-refractivity contribution in [1.29, 1.82) is 0 Å². The Labute approximate surface area is 130 Å². The zero-order chi connectivity index (χ0) is 15.6. The molecule has 0 amide bonds. The second-order valence-corrected chi connectivity index (χ2v) is 7.21. The smallest absolute Gasteiger partial charge is 0.376 e. The molecule has 0 radical (unpaired) electrons. The van der Waals surface area contributed by atoms with Crippen LogP contribution in [-0.2, 0) is 18.1 Å². The first kappa shape index (κ1) is 22.3. The van der Waals surface area contributed by atoms with E-state index in [4.69, 9.17) is 13.3 Å². The van der Waals surface area contributed by atoms with Gasteiger partial charge in [-0.3, -0.25) is 0 Å². The maximum atomic E-state index is 10.5. The third-order valence-electron chi connectivity index (χ3n) is 2.54. The first-order chi connectivity index (χ1) is 9.62. The van der Waals surface area contributed by atoms with Crippen LogP contribution in [0.3, 0.4) is 0 Å². The van der Waals surface area contributed by atoms with Crippen LogP contribution >= 0.6 is 0 Å². The van der Waals surface area contributed by atoms with Crippen molar-refractivity contribution in [1.82, 2.24) is 0 Å². The van der Waals surface area contributed by atoms with Gasteiger partial charge in [-0.2, -0.15) is 0 Å². The summed E-state index contributed by atoms with van der Waals surface area (Å²) in [4.78, 5) is 10.5. The standard InChI is InChI=1S/C8H18OSi.C6H16O3Si/c1-2-3-4-5-6-7-8(9)10;1-4-7-10(8-5-2)9-6-3/h2-7H2,1,10H3;10H,4-6H2,1-3H3. The van der Waals surface area contributed by atoms with E-state index in [9.17, 15) is 4.79 Å². The largest absolute Gasteiger partial charge is 0.484 e. The van der Waals surface area contributed by atoms with Crippen LogP contribution in [0.15, 0.2) is 0 Å². The van der Waals surface area contributed by atoms with Crippen molar-refractivity contribution in [2.75, 3.05) is 19.8 Å². The molecule has 0 unspecified atom stereocenters. The lowest BCUT2D eigenvalue weighted by atomic mass is 10.1. The van der Waals surface area contributed by atoms with E-state index in [0.29, 0.717) is 25.2 Å². The van der Waals surface area contributed by atoms with E-state index in [1.165, 1.54) is 25.7 Å². The van der Waals surface area contributed by atoms with E-state index in [2.05, 4.69) is 6.92 Å². The predicted octanol–water partition coefficient (Wildman–Crippen LogP) is 2.05. The maximum Gasteiger partial charge on any atom is 0.484 e. The minimum absolute atomic E-state index is 0.469. The lowest BCUT2D eigenvalue weighted by molar-refractivity contribution is -0.111. The number of carbonyl (C=O) groups is 1. The van der Waals surface area contributed by atoms with Crippen LogP contribution < -0.4 is 0 Å². The molecule has 0 aliphatic rings. The summed E-state index contributed by atoms with van der Waals surface area (Å²) >= 11 is 0. The Morgan fingerprint density at radius 1 is 0.850 bits per heavy atom. The van der Waals surface area contributed by atoms with Crippen LogP contribution in [0.2, 0.25) is 0 Å². The number of unbranched alkanes of at least 4 members (excludes halogenated alkanes) is 4. The molecule has 0 aliphatic heterocycles. The second-order valence-electron chi connectivity index (χ2n) is 4.52. The highest BCUT2D eigenvalue weighted by Crippen LogP contribution is 2.04. The Kier molecular flexibility index (Phi) is 21.1. The molecule has 0 heterocycles. The highest BCUT2D eigenvalue weighted by Gasteiger charge is 2.11. The van der Waals surface area contributed by atoms with Gasteiger partial charge >= 0.3 is 9.53 Å². The van der Waals surface area contributed by atoms with Crippen LogP contribution in [0.1, 0.15) is 66.2 Å². The molecular weight excluding hydrogens is 288 g/mol. The number of hydrogen-bond donors (Lipinski definition) is 0. The van der Waals surface area contributed by atoms with Crippen LogP contribution in [0.4, 0.5) is 0 Å². The minimum atomic E-state index is -1.73. The van der Waals surface area contributed by atoms with Crippen molar-refractivity contribution in [3.05, 3.63) is 0 Å². The lowest BCUT2D eigenvalue weighted by Crippen LogP contribution is -2.27. The van der Waals surface area contributed by atoms with Gasteiger partial charge in [0.05, 0.1) is 10.2 Å².